The van der Waals surface area contributed by atoms with Crippen molar-refractivity contribution in [3.63, 3.8) is 0 Å². The fourth-order valence-electron chi connectivity index (χ4n) is 3.27. The van der Waals surface area contributed by atoms with Crippen molar-refractivity contribution in [3.8, 4) is 0 Å². The van der Waals surface area contributed by atoms with E-state index in [4.69, 9.17) is 23.2 Å². The number of carbonyl (C=O) groups is 1. The van der Waals surface area contributed by atoms with E-state index in [9.17, 15) is 9.90 Å². The van der Waals surface area contributed by atoms with Crippen LogP contribution in [0.5, 0.6) is 0 Å². The summed E-state index contributed by atoms with van der Waals surface area (Å²) >= 11 is 12.4. The second-order valence-electron chi connectivity index (χ2n) is 6.52. The van der Waals surface area contributed by atoms with Gasteiger partial charge in [0.05, 0.1) is 5.92 Å². The van der Waals surface area contributed by atoms with Crippen molar-refractivity contribution >= 4 is 29.2 Å². The second kappa shape index (κ2) is 5.95. The molecule has 0 radical (unpaired) electrons. The first-order valence-corrected chi connectivity index (χ1v) is 7.71. The lowest BCUT2D eigenvalue weighted by molar-refractivity contribution is -0.146. The van der Waals surface area contributed by atoms with Crippen LogP contribution >= 0.6 is 23.2 Å². The Kier molecular flexibility index (Phi) is 4.66. The van der Waals surface area contributed by atoms with Gasteiger partial charge in [0.15, 0.2) is 0 Å². The fraction of sp³-hybridized carbons (Fsp3) is 0.562. The van der Waals surface area contributed by atoms with Crippen LogP contribution < -0.4 is 0 Å². The highest BCUT2D eigenvalue weighted by Crippen LogP contribution is 2.44. The van der Waals surface area contributed by atoms with Gasteiger partial charge in [-0.25, -0.2) is 0 Å². The van der Waals surface area contributed by atoms with Gasteiger partial charge in [0.2, 0.25) is 0 Å². The minimum Gasteiger partial charge on any atom is -0.481 e. The van der Waals surface area contributed by atoms with Crippen LogP contribution in [0.25, 0.3) is 0 Å². The quantitative estimate of drug-likeness (QED) is 0.846. The van der Waals surface area contributed by atoms with E-state index >= 15 is 0 Å². The first-order valence-electron chi connectivity index (χ1n) is 6.96. The molecule has 0 spiro atoms. The predicted octanol–water partition coefficient (Wildman–Crippen LogP) is 5.06. The van der Waals surface area contributed by atoms with Crippen molar-refractivity contribution in [2.75, 3.05) is 0 Å². The van der Waals surface area contributed by atoms with E-state index < -0.39 is 5.97 Å². The van der Waals surface area contributed by atoms with Crippen LogP contribution in [-0.4, -0.2) is 11.1 Å². The van der Waals surface area contributed by atoms with Crippen LogP contribution in [0.3, 0.4) is 0 Å². The van der Waals surface area contributed by atoms with Gasteiger partial charge >= 0.3 is 5.97 Å². The molecule has 4 heteroatoms. The molecule has 0 bridgehead atoms. The largest absolute Gasteiger partial charge is 0.481 e. The number of benzene rings is 1. The van der Waals surface area contributed by atoms with E-state index in [1.54, 1.807) is 0 Å². The minimum atomic E-state index is -0.700. The van der Waals surface area contributed by atoms with Gasteiger partial charge in [-0.05, 0) is 54.7 Å². The topological polar surface area (TPSA) is 37.3 Å². The Morgan fingerprint density at radius 1 is 1.35 bits per heavy atom. The summed E-state index contributed by atoms with van der Waals surface area (Å²) in [6.45, 7) is 4.40. The van der Waals surface area contributed by atoms with E-state index in [1.165, 1.54) is 0 Å². The molecule has 1 fully saturated rings. The van der Waals surface area contributed by atoms with E-state index in [1.807, 2.05) is 18.2 Å². The molecule has 0 aromatic heterocycles. The third kappa shape index (κ3) is 3.48. The summed E-state index contributed by atoms with van der Waals surface area (Å²) in [6, 6.07) is 5.44. The van der Waals surface area contributed by atoms with Crippen molar-refractivity contribution < 1.29 is 9.90 Å². The summed E-state index contributed by atoms with van der Waals surface area (Å²) in [6.07, 6.45) is 3.22. The average molecular weight is 315 g/mol. The van der Waals surface area contributed by atoms with Gasteiger partial charge < -0.3 is 5.11 Å². The third-order valence-electron chi connectivity index (χ3n) is 4.36. The van der Waals surface area contributed by atoms with Gasteiger partial charge in [-0.1, -0.05) is 43.1 Å². The summed E-state index contributed by atoms with van der Waals surface area (Å²) < 4.78 is 0. The molecule has 20 heavy (non-hydrogen) atoms. The second-order valence-corrected chi connectivity index (χ2v) is 7.33. The Morgan fingerprint density at radius 2 is 1.95 bits per heavy atom. The van der Waals surface area contributed by atoms with Crippen LogP contribution in [0, 0.1) is 17.3 Å². The number of aliphatic carboxylic acids is 1. The monoisotopic (exact) mass is 314 g/mol. The summed E-state index contributed by atoms with van der Waals surface area (Å²) in [5, 5.41) is 10.7. The van der Waals surface area contributed by atoms with Gasteiger partial charge in [0.25, 0.3) is 0 Å². The van der Waals surface area contributed by atoms with E-state index in [0.29, 0.717) is 16.5 Å². The summed E-state index contributed by atoms with van der Waals surface area (Å²) in [7, 11) is 0. The van der Waals surface area contributed by atoms with Gasteiger partial charge in [-0.2, -0.15) is 0 Å². The molecule has 1 aliphatic carbocycles. The first kappa shape index (κ1) is 15.7. The predicted molar refractivity (Wildman–Crippen MR) is 82.4 cm³/mol. The number of halogens is 2. The third-order valence-corrected chi connectivity index (χ3v) is 5.07. The van der Waals surface area contributed by atoms with Crippen molar-refractivity contribution in [2.24, 2.45) is 17.3 Å². The average Bonchev–Trinajstić information content (AvgIpc) is 2.32. The maximum absolute atomic E-state index is 11.5. The number of hydrogen-bond donors (Lipinski definition) is 1. The zero-order valence-electron chi connectivity index (χ0n) is 11.8. The molecule has 0 saturated heterocycles. The number of carboxylic acids is 1. The van der Waals surface area contributed by atoms with E-state index in [0.717, 1.165) is 24.8 Å². The number of hydrogen-bond acceptors (Lipinski definition) is 1. The Balaban J connectivity index is 2.25. The van der Waals surface area contributed by atoms with E-state index in [2.05, 4.69) is 13.8 Å². The lowest BCUT2D eigenvalue weighted by Crippen LogP contribution is -2.35. The van der Waals surface area contributed by atoms with Gasteiger partial charge in [-0.15, -0.1) is 0 Å². The fourth-order valence-corrected chi connectivity index (χ4v) is 3.82. The van der Waals surface area contributed by atoms with E-state index in [-0.39, 0.29) is 17.3 Å². The van der Waals surface area contributed by atoms with Crippen LogP contribution in [0.1, 0.15) is 38.7 Å². The van der Waals surface area contributed by atoms with Gasteiger partial charge in [0.1, 0.15) is 0 Å². The zero-order valence-corrected chi connectivity index (χ0v) is 13.3. The SMILES string of the molecule is CC1(C)CCC(C(=O)O)C(Cc2c(Cl)cccc2Cl)C1. The summed E-state index contributed by atoms with van der Waals surface area (Å²) in [4.78, 5) is 11.5. The molecule has 2 rings (SSSR count). The van der Waals surface area contributed by atoms with Crippen molar-refractivity contribution in [1.82, 2.24) is 0 Å². The molecule has 2 atom stereocenters. The maximum Gasteiger partial charge on any atom is 0.306 e. The molecule has 2 nitrogen and oxygen atoms in total. The van der Waals surface area contributed by atoms with Crippen molar-refractivity contribution in [3.05, 3.63) is 33.8 Å². The maximum atomic E-state index is 11.5. The smallest absolute Gasteiger partial charge is 0.306 e. The lowest BCUT2D eigenvalue weighted by Gasteiger charge is -2.39. The van der Waals surface area contributed by atoms with Gasteiger partial charge in [-0.3, -0.25) is 4.79 Å². The number of rotatable bonds is 3. The Morgan fingerprint density at radius 3 is 2.50 bits per heavy atom. The van der Waals surface area contributed by atoms with Crippen molar-refractivity contribution in [1.29, 1.82) is 0 Å². The molecule has 0 aliphatic heterocycles. The standard InChI is InChI=1S/C16H20Cl2O2/c1-16(2)7-6-11(15(19)20)10(9-16)8-12-13(17)4-3-5-14(12)18/h3-5,10-11H,6-9H2,1-2H3,(H,19,20). The molecule has 1 N–H and O–H groups in total. The molecule has 1 aromatic carbocycles. The van der Waals surface area contributed by atoms with Crippen LogP contribution in [0.4, 0.5) is 0 Å². The first-order chi connectivity index (χ1) is 9.30. The highest BCUT2D eigenvalue weighted by molar-refractivity contribution is 6.36. The molecular weight excluding hydrogens is 295 g/mol. The highest BCUT2D eigenvalue weighted by atomic mass is 35.5. The van der Waals surface area contributed by atoms with Crippen LogP contribution in [0.2, 0.25) is 10.0 Å². The number of carboxylic acid groups (broad SMARTS) is 1. The minimum absolute atomic E-state index is 0.0913. The molecule has 1 aliphatic rings. The Bertz CT molecular complexity index is 491. The summed E-state index contributed by atoms with van der Waals surface area (Å²) in [5.74, 6) is -0.905. The van der Waals surface area contributed by atoms with Crippen LogP contribution in [0.15, 0.2) is 18.2 Å². The normalized spacial score (nSPS) is 25.4. The van der Waals surface area contributed by atoms with Crippen molar-refractivity contribution in [2.45, 2.75) is 39.5 Å². The lowest BCUT2D eigenvalue weighted by atomic mass is 9.65. The molecule has 110 valence electrons. The zero-order chi connectivity index (χ0) is 14.9. The van der Waals surface area contributed by atoms with Crippen LogP contribution in [-0.2, 0) is 11.2 Å². The molecule has 0 amide bonds. The Hall–Kier alpha value is -0.730. The van der Waals surface area contributed by atoms with Gasteiger partial charge in [0, 0.05) is 10.0 Å². The summed E-state index contributed by atoms with van der Waals surface area (Å²) in [5.41, 5.74) is 1.06. The molecule has 2 unspecified atom stereocenters. The highest BCUT2D eigenvalue weighted by Gasteiger charge is 2.38. The Labute approximate surface area is 130 Å². The molecular formula is C16H20Cl2O2. The molecule has 1 saturated carbocycles. The molecule has 0 heterocycles. The molecule has 1 aromatic rings.